The van der Waals surface area contributed by atoms with Gasteiger partial charge >= 0.3 is 0 Å². The van der Waals surface area contributed by atoms with Crippen molar-refractivity contribution in [2.45, 2.75) is 18.1 Å². The van der Waals surface area contributed by atoms with Gasteiger partial charge in [-0.2, -0.15) is 0 Å². The molecule has 4 rings (SSSR count). The second-order valence-corrected chi connectivity index (χ2v) is 7.73. The summed E-state index contributed by atoms with van der Waals surface area (Å²) in [6.45, 7) is 2.57. The summed E-state index contributed by atoms with van der Waals surface area (Å²) in [5.41, 5.74) is 3.85. The van der Waals surface area contributed by atoms with Crippen molar-refractivity contribution in [1.82, 2.24) is 15.3 Å². The monoisotopic (exact) mass is 417 g/mol. The highest BCUT2D eigenvalue weighted by molar-refractivity contribution is 7.99. The molecular weight excluding hydrogens is 394 g/mol. The summed E-state index contributed by atoms with van der Waals surface area (Å²) in [4.78, 5) is 20.5. The van der Waals surface area contributed by atoms with E-state index in [0.29, 0.717) is 11.8 Å². The summed E-state index contributed by atoms with van der Waals surface area (Å²) in [5, 5.41) is 3.87. The molecule has 0 unspecified atom stereocenters. The number of carbonyl (C=O) groups is 1. The predicted molar refractivity (Wildman–Crippen MR) is 121 cm³/mol. The minimum Gasteiger partial charge on any atom is -0.494 e. The van der Waals surface area contributed by atoms with Crippen molar-refractivity contribution in [3.05, 3.63) is 90.0 Å². The zero-order valence-corrected chi connectivity index (χ0v) is 17.5. The van der Waals surface area contributed by atoms with Gasteiger partial charge in [0.1, 0.15) is 5.75 Å². The first kappa shape index (κ1) is 20.0. The second kappa shape index (κ2) is 9.50. The molecule has 2 N–H and O–H groups in total. The molecule has 1 amide bonds. The van der Waals surface area contributed by atoms with E-state index in [4.69, 9.17) is 4.74 Å². The van der Waals surface area contributed by atoms with Crippen LogP contribution >= 0.6 is 11.8 Å². The summed E-state index contributed by atoms with van der Waals surface area (Å²) in [6, 6.07) is 25.6. The fourth-order valence-electron chi connectivity index (χ4n) is 3.28. The van der Waals surface area contributed by atoms with E-state index in [1.165, 1.54) is 11.8 Å². The molecule has 0 aliphatic heterocycles. The Labute approximate surface area is 179 Å². The van der Waals surface area contributed by atoms with E-state index in [9.17, 15) is 4.79 Å². The summed E-state index contributed by atoms with van der Waals surface area (Å²) in [7, 11) is 0. The number of ether oxygens (including phenoxy) is 1. The van der Waals surface area contributed by atoms with Crippen LogP contribution < -0.4 is 10.1 Å². The van der Waals surface area contributed by atoms with Crippen LogP contribution in [0.25, 0.3) is 11.0 Å². The van der Waals surface area contributed by atoms with Crippen molar-refractivity contribution >= 4 is 28.7 Å². The van der Waals surface area contributed by atoms with Gasteiger partial charge in [-0.3, -0.25) is 4.79 Å². The smallest absolute Gasteiger partial charge is 0.231 e. The number of nitrogens with one attached hydrogen (secondary N) is 2. The molecule has 0 saturated carbocycles. The molecule has 0 radical (unpaired) electrons. The van der Waals surface area contributed by atoms with Crippen LogP contribution in [-0.2, 0) is 4.79 Å². The number of carbonyl (C=O) groups excluding carboxylic acids is 1. The van der Waals surface area contributed by atoms with Crippen molar-refractivity contribution in [3.8, 4) is 5.75 Å². The number of rotatable bonds is 8. The third kappa shape index (κ3) is 4.83. The number of H-pyrrole nitrogens is 1. The first-order valence-corrected chi connectivity index (χ1v) is 10.9. The Kier molecular flexibility index (Phi) is 6.35. The SMILES string of the molecule is CCOc1ccc2nc(SCC(=O)NC(c3ccccc3)c3ccccc3)[nH]c2c1. The van der Waals surface area contributed by atoms with Crippen LogP contribution in [-0.4, -0.2) is 28.2 Å². The zero-order chi connectivity index (χ0) is 20.8. The lowest BCUT2D eigenvalue weighted by Crippen LogP contribution is -2.30. The van der Waals surface area contributed by atoms with E-state index in [1.54, 1.807) is 0 Å². The number of hydrogen-bond acceptors (Lipinski definition) is 4. The highest BCUT2D eigenvalue weighted by Crippen LogP contribution is 2.25. The Morgan fingerprint density at radius 3 is 2.33 bits per heavy atom. The molecule has 3 aromatic carbocycles. The number of fused-ring (bicyclic) bond motifs is 1. The third-order valence-corrected chi connectivity index (χ3v) is 5.53. The maximum absolute atomic E-state index is 12.7. The Bertz CT molecular complexity index is 1070. The average Bonchev–Trinajstić information content (AvgIpc) is 3.20. The molecular formula is C24H23N3O2S. The van der Waals surface area contributed by atoms with Crippen molar-refractivity contribution < 1.29 is 9.53 Å². The van der Waals surface area contributed by atoms with Gasteiger partial charge in [-0.05, 0) is 30.2 Å². The first-order valence-electron chi connectivity index (χ1n) is 9.87. The van der Waals surface area contributed by atoms with E-state index < -0.39 is 0 Å². The Balaban J connectivity index is 1.44. The topological polar surface area (TPSA) is 67.0 Å². The van der Waals surface area contributed by atoms with Crippen LogP contribution in [0, 0.1) is 0 Å². The zero-order valence-electron chi connectivity index (χ0n) is 16.7. The van der Waals surface area contributed by atoms with Gasteiger partial charge in [0.05, 0.1) is 29.4 Å². The molecule has 1 aromatic heterocycles. The van der Waals surface area contributed by atoms with Gasteiger partial charge in [0, 0.05) is 6.07 Å². The summed E-state index contributed by atoms with van der Waals surface area (Å²) in [6.07, 6.45) is 0. The standard InChI is InChI=1S/C24H23N3O2S/c1-2-29-19-13-14-20-21(15-19)26-24(25-20)30-16-22(28)27-23(17-9-5-3-6-10-17)18-11-7-4-8-12-18/h3-15,23H,2,16H2,1H3,(H,25,26)(H,27,28). The van der Waals surface area contributed by atoms with Crippen LogP contribution in [0.2, 0.25) is 0 Å². The van der Waals surface area contributed by atoms with Crippen LogP contribution in [0.5, 0.6) is 5.75 Å². The number of aromatic amines is 1. The number of hydrogen-bond donors (Lipinski definition) is 2. The molecule has 0 atom stereocenters. The second-order valence-electron chi connectivity index (χ2n) is 6.76. The number of amides is 1. The lowest BCUT2D eigenvalue weighted by atomic mass is 9.99. The lowest BCUT2D eigenvalue weighted by molar-refractivity contribution is -0.119. The number of benzene rings is 3. The van der Waals surface area contributed by atoms with Crippen molar-refractivity contribution in [3.63, 3.8) is 0 Å². The maximum atomic E-state index is 12.7. The van der Waals surface area contributed by atoms with E-state index in [-0.39, 0.29) is 17.7 Å². The van der Waals surface area contributed by atoms with Crippen LogP contribution in [0.4, 0.5) is 0 Å². The molecule has 0 saturated heterocycles. The van der Waals surface area contributed by atoms with Gasteiger partial charge in [-0.15, -0.1) is 0 Å². The molecule has 0 aliphatic rings. The number of aromatic nitrogens is 2. The lowest BCUT2D eigenvalue weighted by Gasteiger charge is -2.19. The van der Waals surface area contributed by atoms with Crippen LogP contribution in [0.15, 0.2) is 84.0 Å². The van der Waals surface area contributed by atoms with Crippen LogP contribution in [0.1, 0.15) is 24.1 Å². The largest absolute Gasteiger partial charge is 0.494 e. The normalized spacial score (nSPS) is 11.0. The molecule has 0 spiro atoms. The molecule has 5 nitrogen and oxygen atoms in total. The van der Waals surface area contributed by atoms with Crippen molar-refractivity contribution in [2.75, 3.05) is 12.4 Å². The Morgan fingerprint density at radius 2 is 1.70 bits per heavy atom. The third-order valence-electron chi connectivity index (χ3n) is 4.65. The molecule has 30 heavy (non-hydrogen) atoms. The molecule has 0 aliphatic carbocycles. The molecule has 0 fully saturated rings. The Morgan fingerprint density at radius 1 is 1.03 bits per heavy atom. The first-order chi connectivity index (χ1) is 14.7. The molecule has 6 heteroatoms. The minimum atomic E-state index is -0.190. The summed E-state index contributed by atoms with van der Waals surface area (Å²) >= 11 is 1.39. The van der Waals surface area contributed by atoms with Gasteiger partial charge in [0.15, 0.2) is 5.16 Å². The van der Waals surface area contributed by atoms with E-state index >= 15 is 0 Å². The predicted octanol–water partition coefficient (Wildman–Crippen LogP) is 4.96. The maximum Gasteiger partial charge on any atom is 0.231 e. The van der Waals surface area contributed by atoms with E-state index in [0.717, 1.165) is 27.9 Å². The van der Waals surface area contributed by atoms with Crippen LogP contribution in [0.3, 0.4) is 0 Å². The van der Waals surface area contributed by atoms with E-state index in [1.807, 2.05) is 85.8 Å². The minimum absolute atomic E-state index is 0.0480. The van der Waals surface area contributed by atoms with Crippen molar-refractivity contribution in [2.24, 2.45) is 0 Å². The van der Waals surface area contributed by atoms with Gasteiger partial charge in [0.25, 0.3) is 0 Å². The molecule has 152 valence electrons. The van der Waals surface area contributed by atoms with Gasteiger partial charge < -0.3 is 15.0 Å². The fraction of sp³-hybridized carbons (Fsp3) is 0.167. The number of nitrogens with zero attached hydrogens (tertiary/aromatic N) is 1. The summed E-state index contributed by atoms with van der Waals surface area (Å²) in [5.74, 6) is 1.03. The highest BCUT2D eigenvalue weighted by atomic mass is 32.2. The molecule has 1 heterocycles. The van der Waals surface area contributed by atoms with Gasteiger partial charge in [0.2, 0.25) is 5.91 Å². The molecule has 4 aromatic rings. The summed E-state index contributed by atoms with van der Waals surface area (Å²) < 4.78 is 5.53. The van der Waals surface area contributed by atoms with Gasteiger partial charge in [-0.1, -0.05) is 72.4 Å². The van der Waals surface area contributed by atoms with Crippen molar-refractivity contribution in [1.29, 1.82) is 0 Å². The Hall–Kier alpha value is -3.25. The average molecular weight is 418 g/mol. The number of imidazole rings is 1. The molecule has 0 bridgehead atoms. The fourth-order valence-corrected chi connectivity index (χ4v) is 3.97. The highest BCUT2D eigenvalue weighted by Gasteiger charge is 2.17. The quantitative estimate of drug-likeness (QED) is 0.398. The van der Waals surface area contributed by atoms with E-state index in [2.05, 4.69) is 15.3 Å². The van der Waals surface area contributed by atoms with Gasteiger partial charge in [-0.25, -0.2) is 4.98 Å². The number of thioether (sulfide) groups is 1.